The number of nitrogens with two attached hydrogens (primary N) is 1. The lowest BCUT2D eigenvalue weighted by Crippen LogP contribution is -2.36. The summed E-state index contributed by atoms with van der Waals surface area (Å²) in [5.74, 6) is -0.947. The third-order valence-electron chi connectivity index (χ3n) is 2.87. The van der Waals surface area contributed by atoms with Crippen molar-refractivity contribution >= 4 is 39.0 Å². The van der Waals surface area contributed by atoms with Gasteiger partial charge < -0.3 is 11.1 Å². The van der Waals surface area contributed by atoms with E-state index in [2.05, 4.69) is 21.2 Å². The molecule has 2 rings (SSSR count). The summed E-state index contributed by atoms with van der Waals surface area (Å²) in [6.45, 7) is 0. The van der Waals surface area contributed by atoms with Gasteiger partial charge in [-0.2, -0.15) is 0 Å². The minimum absolute atomic E-state index is 0.145. The summed E-state index contributed by atoms with van der Waals surface area (Å²) in [7, 11) is 0. The largest absolute Gasteiger partial charge is 0.391 e. The predicted molar refractivity (Wildman–Crippen MR) is 87.5 cm³/mol. The number of hydrogen-bond acceptors (Lipinski definition) is 2. The van der Waals surface area contributed by atoms with Gasteiger partial charge in [-0.15, -0.1) is 0 Å². The Hall–Kier alpha value is -1.79. The highest BCUT2D eigenvalue weighted by atomic mass is 79.9. The predicted octanol–water partition coefficient (Wildman–Crippen LogP) is 3.35. The van der Waals surface area contributed by atoms with Crippen molar-refractivity contribution in [2.24, 2.45) is 5.73 Å². The quantitative estimate of drug-likeness (QED) is 0.815. The number of thiocarbonyl (C=S) groups is 1. The number of benzene rings is 2. The molecule has 2 aromatic carbocycles. The summed E-state index contributed by atoms with van der Waals surface area (Å²) in [5.41, 5.74) is 6.66. The first-order valence-electron chi connectivity index (χ1n) is 6.09. The molecule has 6 heteroatoms. The fourth-order valence-corrected chi connectivity index (χ4v) is 2.26. The Bertz CT molecular complexity index is 679. The van der Waals surface area contributed by atoms with Gasteiger partial charge in [0.1, 0.15) is 16.8 Å². The maximum atomic E-state index is 13.5. The van der Waals surface area contributed by atoms with E-state index in [0.717, 1.165) is 11.6 Å². The molecule has 0 bridgehead atoms. The Balaban J connectivity index is 2.23. The van der Waals surface area contributed by atoms with Crippen LogP contribution in [-0.2, 0) is 0 Å². The van der Waals surface area contributed by atoms with Crippen LogP contribution in [-0.4, -0.2) is 10.9 Å². The molecule has 3 N–H and O–H groups in total. The molecule has 0 aliphatic rings. The Morgan fingerprint density at radius 3 is 2.48 bits per heavy atom. The van der Waals surface area contributed by atoms with Crippen molar-refractivity contribution in [2.75, 3.05) is 0 Å². The molecule has 21 heavy (non-hydrogen) atoms. The summed E-state index contributed by atoms with van der Waals surface area (Å²) >= 11 is 8.04. The lowest BCUT2D eigenvalue weighted by Gasteiger charge is -2.18. The van der Waals surface area contributed by atoms with Crippen molar-refractivity contribution < 1.29 is 9.18 Å². The van der Waals surface area contributed by atoms with E-state index >= 15 is 0 Å². The Kier molecular flexibility index (Phi) is 5.03. The zero-order chi connectivity index (χ0) is 15.4. The maximum absolute atomic E-state index is 13.5. The lowest BCUT2D eigenvalue weighted by molar-refractivity contribution is 0.0946. The maximum Gasteiger partial charge on any atom is 0.252 e. The molecular formula is C15H12BrFN2OS. The van der Waals surface area contributed by atoms with Gasteiger partial charge in [-0.1, -0.05) is 42.5 Å². The Morgan fingerprint density at radius 1 is 1.24 bits per heavy atom. The first-order valence-corrected chi connectivity index (χ1v) is 7.29. The third-order valence-corrected chi connectivity index (χ3v) is 3.75. The van der Waals surface area contributed by atoms with E-state index in [0.29, 0.717) is 4.47 Å². The third kappa shape index (κ3) is 3.86. The molecule has 0 radical (unpaired) electrons. The second-order valence-corrected chi connectivity index (χ2v) is 5.67. The van der Waals surface area contributed by atoms with Crippen molar-refractivity contribution in [1.29, 1.82) is 0 Å². The number of nitrogens with one attached hydrogen (secondary N) is 1. The summed E-state index contributed by atoms with van der Waals surface area (Å²) in [5, 5.41) is 2.71. The number of carbonyl (C=O) groups excluding carboxylic acids is 1. The molecule has 3 nitrogen and oxygen atoms in total. The van der Waals surface area contributed by atoms with Gasteiger partial charge in [0.25, 0.3) is 5.91 Å². The normalized spacial score (nSPS) is 11.7. The van der Waals surface area contributed by atoms with Crippen LogP contribution in [0.15, 0.2) is 53.0 Å². The van der Waals surface area contributed by atoms with Crippen molar-refractivity contribution in [3.05, 3.63) is 69.9 Å². The topological polar surface area (TPSA) is 55.1 Å². The first-order chi connectivity index (χ1) is 9.99. The number of amides is 1. The zero-order valence-corrected chi connectivity index (χ0v) is 13.2. The highest BCUT2D eigenvalue weighted by molar-refractivity contribution is 9.10. The Labute approximate surface area is 135 Å². The van der Waals surface area contributed by atoms with Gasteiger partial charge in [0.2, 0.25) is 0 Å². The van der Waals surface area contributed by atoms with Gasteiger partial charge in [-0.25, -0.2) is 4.39 Å². The van der Waals surface area contributed by atoms with E-state index < -0.39 is 17.8 Å². The van der Waals surface area contributed by atoms with Crippen LogP contribution in [0, 0.1) is 5.82 Å². The number of halogens is 2. The number of rotatable bonds is 4. The van der Waals surface area contributed by atoms with Crippen LogP contribution in [0.3, 0.4) is 0 Å². The van der Waals surface area contributed by atoms with Gasteiger partial charge in [0, 0.05) is 5.56 Å². The average molecular weight is 367 g/mol. The fraction of sp³-hybridized carbons (Fsp3) is 0.0667. The first kappa shape index (κ1) is 15.6. The van der Waals surface area contributed by atoms with Crippen molar-refractivity contribution in [1.82, 2.24) is 5.32 Å². The van der Waals surface area contributed by atoms with E-state index in [1.807, 2.05) is 30.3 Å². The van der Waals surface area contributed by atoms with Crippen LogP contribution in [0.5, 0.6) is 0 Å². The van der Waals surface area contributed by atoms with Crippen molar-refractivity contribution in [2.45, 2.75) is 6.04 Å². The fourth-order valence-electron chi connectivity index (χ4n) is 1.82. The van der Waals surface area contributed by atoms with E-state index in [1.54, 1.807) is 0 Å². The van der Waals surface area contributed by atoms with Crippen LogP contribution < -0.4 is 11.1 Å². The summed E-state index contributed by atoms with van der Waals surface area (Å²) < 4.78 is 13.8. The molecule has 0 spiro atoms. The molecule has 0 aliphatic carbocycles. The molecule has 0 heterocycles. The molecule has 1 unspecified atom stereocenters. The van der Waals surface area contributed by atoms with Gasteiger partial charge in [-0.05, 0) is 39.7 Å². The molecule has 0 fully saturated rings. The monoisotopic (exact) mass is 366 g/mol. The minimum atomic E-state index is -0.597. The lowest BCUT2D eigenvalue weighted by atomic mass is 10.1. The van der Waals surface area contributed by atoms with Crippen LogP contribution in [0.4, 0.5) is 4.39 Å². The molecule has 1 amide bonds. The second kappa shape index (κ2) is 6.78. The molecule has 0 aliphatic heterocycles. The van der Waals surface area contributed by atoms with Gasteiger partial charge >= 0.3 is 0 Å². The van der Waals surface area contributed by atoms with E-state index in [1.165, 1.54) is 12.1 Å². The molecule has 1 atom stereocenters. The van der Waals surface area contributed by atoms with Crippen LogP contribution in [0.1, 0.15) is 22.0 Å². The molecule has 0 aromatic heterocycles. The molecule has 0 saturated heterocycles. The van der Waals surface area contributed by atoms with Crippen molar-refractivity contribution in [3.8, 4) is 0 Å². The Morgan fingerprint density at radius 2 is 1.90 bits per heavy atom. The molecule has 0 saturated carbocycles. The zero-order valence-electron chi connectivity index (χ0n) is 10.8. The molecular weight excluding hydrogens is 355 g/mol. The van der Waals surface area contributed by atoms with Crippen LogP contribution in [0.25, 0.3) is 0 Å². The SMILES string of the molecule is NC(=S)C(NC(=O)c1ccc(Br)c(F)c1)c1ccccc1. The number of hydrogen-bond donors (Lipinski definition) is 2. The summed E-state index contributed by atoms with van der Waals surface area (Å²) in [4.78, 5) is 12.3. The van der Waals surface area contributed by atoms with Gasteiger partial charge in [-0.3, -0.25) is 4.79 Å². The van der Waals surface area contributed by atoms with Crippen LogP contribution in [0.2, 0.25) is 0 Å². The molecule has 108 valence electrons. The summed E-state index contributed by atoms with van der Waals surface area (Å²) in [6.07, 6.45) is 0. The van der Waals surface area contributed by atoms with Gasteiger partial charge in [0.15, 0.2) is 0 Å². The van der Waals surface area contributed by atoms with E-state index in [9.17, 15) is 9.18 Å². The highest BCUT2D eigenvalue weighted by Gasteiger charge is 2.18. The minimum Gasteiger partial charge on any atom is -0.391 e. The number of carbonyl (C=O) groups is 1. The van der Waals surface area contributed by atoms with Crippen molar-refractivity contribution in [3.63, 3.8) is 0 Å². The second-order valence-electron chi connectivity index (χ2n) is 4.35. The van der Waals surface area contributed by atoms with Crippen LogP contribution >= 0.6 is 28.1 Å². The smallest absolute Gasteiger partial charge is 0.252 e. The standard InChI is InChI=1S/C15H12BrFN2OS/c16-11-7-6-10(8-12(11)17)15(20)19-13(14(18)21)9-4-2-1-3-5-9/h1-8,13H,(H2,18,21)(H,19,20). The molecule has 2 aromatic rings. The van der Waals surface area contributed by atoms with Gasteiger partial charge in [0.05, 0.1) is 4.47 Å². The summed E-state index contributed by atoms with van der Waals surface area (Å²) in [6, 6.07) is 12.7. The highest BCUT2D eigenvalue weighted by Crippen LogP contribution is 2.18. The van der Waals surface area contributed by atoms with E-state index in [4.69, 9.17) is 18.0 Å². The average Bonchev–Trinajstić information content (AvgIpc) is 2.48. The van der Waals surface area contributed by atoms with E-state index in [-0.39, 0.29) is 10.6 Å².